The van der Waals surface area contributed by atoms with Crippen LogP contribution in [0.25, 0.3) is 22.0 Å². The maximum atomic E-state index is 13.6. The van der Waals surface area contributed by atoms with Crippen molar-refractivity contribution in [3.63, 3.8) is 0 Å². The Hall–Kier alpha value is -2.77. The maximum absolute atomic E-state index is 13.6. The van der Waals surface area contributed by atoms with E-state index in [1.807, 2.05) is 31.2 Å². The van der Waals surface area contributed by atoms with Gasteiger partial charge in [0.15, 0.2) is 0 Å². The molecule has 0 N–H and O–H groups in total. The van der Waals surface area contributed by atoms with Crippen molar-refractivity contribution in [3.05, 3.63) is 76.9 Å². The van der Waals surface area contributed by atoms with Crippen molar-refractivity contribution in [1.82, 2.24) is 3.97 Å². The molecule has 0 amide bonds. The van der Waals surface area contributed by atoms with E-state index >= 15 is 0 Å². The van der Waals surface area contributed by atoms with Crippen molar-refractivity contribution in [2.24, 2.45) is 0 Å². The molecule has 0 aliphatic heterocycles. The highest BCUT2D eigenvalue weighted by Crippen LogP contribution is 2.46. The average Bonchev–Trinajstić information content (AvgIpc) is 3.06. The van der Waals surface area contributed by atoms with Gasteiger partial charge < -0.3 is 9.47 Å². The number of ether oxygens (including phenoxy) is 2. The molecule has 1 heterocycles. The van der Waals surface area contributed by atoms with Crippen molar-refractivity contribution in [2.45, 2.75) is 11.8 Å². The van der Waals surface area contributed by atoms with Crippen molar-refractivity contribution < 1.29 is 17.9 Å². The third kappa shape index (κ3) is 3.28. The highest BCUT2D eigenvalue weighted by Gasteiger charge is 2.29. The van der Waals surface area contributed by atoms with Gasteiger partial charge >= 0.3 is 0 Å². The minimum atomic E-state index is -3.88. The molecular formula is C23H20BrNO4S. The molecule has 0 bridgehead atoms. The van der Waals surface area contributed by atoms with E-state index in [1.54, 1.807) is 49.6 Å². The van der Waals surface area contributed by atoms with Gasteiger partial charge in [-0.05, 0) is 40.5 Å². The normalized spacial score (nSPS) is 11.6. The second-order valence-corrected chi connectivity index (χ2v) is 9.38. The molecule has 1 aromatic heterocycles. The molecule has 0 atom stereocenters. The molecule has 154 valence electrons. The summed E-state index contributed by atoms with van der Waals surface area (Å²) in [6.45, 7) is 2.01. The SMILES string of the molecule is COc1cc(OC)c2c(-c3ccc(C)cc3)c(Br)n(S(=O)(=O)c3ccccc3)c2c1. The van der Waals surface area contributed by atoms with Crippen molar-refractivity contribution in [3.8, 4) is 22.6 Å². The number of hydrogen-bond acceptors (Lipinski definition) is 4. The molecular weight excluding hydrogens is 466 g/mol. The number of methoxy groups -OCH3 is 2. The summed E-state index contributed by atoms with van der Waals surface area (Å²) in [5.41, 5.74) is 3.20. The lowest BCUT2D eigenvalue weighted by Crippen LogP contribution is -2.13. The number of halogens is 1. The Morgan fingerprint density at radius 3 is 2.17 bits per heavy atom. The summed E-state index contributed by atoms with van der Waals surface area (Å²) >= 11 is 3.58. The molecule has 0 radical (unpaired) electrons. The van der Waals surface area contributed by atoms with Crippen molar-refractivity contribution in [2.75, 3.05) is 14.2 Å². The molecule has 7 heteroatoms. The van der Waals surface area contributed by atoms with Gasteiger partial charge in [0.25, 0.3) is 10.0 Å². The number of aromatic nitrogens is 1. The second-order valence-electron chi connectivity index (χ2n) is 6.84. The molecule has 0 spiro atoms. The van der Waals surface area contributed by atoms with Crippen molar-refractivity contribution >= 4 is 36.9 Å². The fraction of sp³-hybridized carbons (Fsp3) is 0.130. The van der Waals surface area contributed by atoms with Gasteiger partial charge in [0.2, 0.25) is 0 Å². The third-order valence-corrected chi connectivity index (χ3v) is 7.70. The highest BCUT2D eigenvalue weighted by atomic mass is 79.9. The fourth-order valence-corrected chi connectivity index (χ4v) is 6.10. The fourth-order valence-electron chi connectivity index (χ4n) is 3.49. The highest BCUT2D eigenvalue weighted by molar-refractivity contribution is 9.10. The van der Waals surface area contributed by atoms with Crippen LogP contribution in [-0.4, -0.2) is 26.6 Å². The van der Waals surface area contributed by atoms with Gasteiger partial charge in [0, 0.05) is 17.7 Å². The van der Waals surface area contributed by atoms with Gasteiger partial charge in [-0.2, -0.15) is 0 Å². The summed E-state index contributed by atoms with van der Waals surface area (Å²) < 4.78 is 40.0. The Morgan fingerprint density at radius 1 is 0.900 bits per heavy atom. The zero-order valence-electron chi connectivity index (χ0n) is 16.7. The number of aryl methyl sites for hydroxylation is 1. The Labute approximate surface area is 184 Å². The van der Waals surface area contributed by atoms with E-state index in [0.717, 1.165) is 16.7 Å². The van der Waals surface area contributed by atoms with Crippen LogP contribution in [-0.2, 0) is 10.0 Å². The van der Waals surface area contributed by atoms with Crippen LogP contribution < -0.4 is 9.47 Å². The molecule has 0 saturated carbocycles. The van der Waals surface area contributed by atoms with Crippen LogP contribution in [0.3, 0.4) is 0 Å². The van der Waals surface area contributed by atoms with Crippen LogP contribution in [0.2, 0.25) is 0 Å². The van der Waals surface area contributed by atoms with Gasteiger partial charge in [0.05, 0.1) is 30.0 Å². The molecule has 0 unspecified atom stereocenters. The molecule has 0 aliphatic carbocycles. The van der Waals surface area contributed by atoms with Crippen LogP contribution >= 0.6 is 15.9 Å². The van der Waals surface area contributed by atoms with Crippen LogP contribution in [0.4, 0.5) is 0 Å². The Kier molecular flexibility index (Phi) is 5.34. The number of benzene rings is 3. The second kappa shape index (κ2) is 7.81. The minimum absolute atomic E-state index is 0.194. The predicted molar refractivity (Wildman–Crippen MR) is 122 cm³/mol. The van der Waals surface area contributed by atoms with E-state index in [4.69, 9.17) is 9.47 Å². The smallest absolute Gasteiger partial charge is 0.269 e. The topological polar surface area (TPSA) is 57.5 Å². The lowest BCUT2D eigenvalue weighted by atomic mass is 10.0. The summed E-state index contributed by atoms with van der Waals surface area (Å²) in [5, 5.41) is 0.688. The van der Waals surface area contributed by atoms with E-state index in [0.29, 0.717) is 27.0 Å². The van der Waals surface area contributed by atoms with Gasteiger partial charge in [-0.15, -0.1) is 0 Å². The van der Waals surface area contributed by atoms with Gasteiger partial charge in [-0.25, -0.2) is 12.4 Å². The molecule has 0 fully saturated rings. The molecule has 3 aromatic carbocycles. The molecule has 4 aromatic rings. The van der Waals surface area contributed by atoms with E-state index in [1.165, 1.54) is 11.1 Å². The van der Waals surface area contributed by atoms with E-state index in [-0.39, 0.29) is 4.90 Å². The number of nitrogens with zero attached hydrogens (tertiary/aromatic N) is 1. The summed E-state index contributed by atoms with van der Waals surface area (Å²) in [7, 11) is -0.786. The number of hydrogen-bond donors (Lipinski definition) is 0. The minimum Gasteiger partial charge on any atom is -0.497 e. The average molecular weight is 486 g/mol. The standard InChI is InChI=1S/C23H20BrNO4S/c1-15-9-11-16(12-10-15)21-22-19(13-17(28-2)14-20(22)29-3)25(23(21)24)30(26,27)18-7-5-4-6-8-18/h4-14H,1-3H3. The van der Waals surface area contributed by atoms with Crippen LogP contribution in [0.15, 0.2) is 76.2 Å². The lowest BCUT2D eigenvalue weighted by Gasteiger charge is -2.11. The van der Waals surface area contributed by atoms with Crippen molar-refractivity contribution in [1.29, 1.82) is 0 Å². The largest absolute Gasteiger partial charge is 0.497 e. The first-order valence-corrected chi connectivity index (χ1v) is 11.5. The first kappa shape index (κ1) is 20.5. The van der Waals surface area contributed by atoms with Gasteiger partial charge in [0.1, 0.15) is 16.1 Å². The Balaban J connectivity index is 2.16. The maximum Gasteiger partial charge on any atom is 0.269 e. The van der Waals surface area contributed by atoms with Crippen LogP contribution in [0.5, 0.6) is 11.5 Å². The molecule has 0 aliphatic rings. The predicted octanol–water partition coefficient (Wildman–Crippen LogP) is 5.63. The molecule has 30 heavy (non-hydrogen) atoms. The lowest BCUT2D eigenvalue weighted by molar-refractivity contribution is 0.398. The molecule has 4 rings (SSSR count). The van der Waals surface area contributed by atoms with E-state index in [9.17, 15) is 8.42 Å². The summed E-state index contributed by atoms with van der Waals surface area (Å²) in [5.74, 6) is 1.03. The van der Waals surface area contributed by atoms with Gasteiger partial charge in [-0.3, -0.25) is 0 Å². The summed E-state index contributed by atoms with van der Waals surface area (Å²) in [6.07, 6.45) is 0. The zero-order chi connectivity index (χ0) is 21.5. The number of fused-ring (bicyclic) bond motifs is 1. The van der Waals surface area contributed by atoms with Crippen LogP contribution in [0.1, 0.15) is 5.56 Å². The first-order valence-electron chi connectivity index (χ1n) is 9.22. The Bertz CT molecular complexity index is 1330. The molecule has 5 nitrogen and oxygen atoms in total. The number of rotatable bonds is 5. The van der Waals surface area contributed by atoms with Crippen LogP contribution in [0, 0.1) is 6.92 Å². The third-order valence-electron chi connectivity index (χ3n) is 4.99. The van der Waals surface area contributed by atoms with Gasteiger partial charge in [-0.1, -0.05) is 48.0 Å². The summed E-state index contributed by atoms with van der Waals surface area (Å²) in [6, 6.07) is 19.7. The zero-order valence-corrected chi connectivity index (χ0v) is 19.1. The first-order chi connectivity index (χ1) is 14.4. The molecule has 0 saturated heterocycles. The van der Waals surface area contributed by atoms with E-state index < -0.39 is 10.0 Å². The Morgan fingerprint density at radius 2 is 1.57 bits per heavy atom. The van der Waals surface area contributed by atoms with E-state index in [2.05, 4.69) is 15.9 Å². The quantitative estimate of drug-likeness (QED) is 0.367. The monoisotopic (exact) mass is 485 g/mol. The summed E-state index contributed by atoms with van der Waals surface area (Å²) in [4.78, 5) is 0.194.